The molecule has 0 bridgehead atoms. The van der Waals surface area contributed by atoms with Crippen molar-refractivity contribution in [2.45, 2.75) is 25.7 Å². The van der Waals surface area contributed by atoms with Gasteiger partial charge in [-0.25, -0.2) is 13.1 Å². The van der Waals surface area contributed by atoms with Crippen LogP contribution in [0.5, 0.6) is 0 Å². The van der Waals surface area contributed by atoms with Gasteiger partial charge in [-0.1, -0.05) is 48.0 Å². The molecule has 9 heteroatoms. The van der Waals surface area contributed by atoms with Crippen LogP contribution in [-0.2, 0) is 14.8 Å². The largest absolute Gasteiger partial charge is 0.379 e. The third-order valence-corrected chi connectivity index (χ3v) is 8.62. The Balaban J connectivity index is 1.50. The molecule has 1 fully saturated rings. The van der Waals surface area contributed by atoms with Gasteiger partial charge in [0.05, 0.1) is 29.4 Å². The summed E-state index contributed by atoms with van der Waals surface area (Å²) in [6, 6.07) is 20.6. The summed E-state index contributed by atoms with van der Waals surface area (Å²) in [5.74, 6) is -0.377. The Morgan fingerprint density at radius 1 is 0.921 bits per heavy atom. The van der Waals surface area contributed by atoms with E-state index in [9.17, 15) is 13.2 Å². The topological polar surface area (TPSA) is 93.5 Å². The van der Waals surface area contributed by atoms with Crippen molar-refractivity contribution < 1.29 is 17.9 Å². The van der Waals surface area contributed by atoms with Gasteiger partial charge in [-0.15, -0.1) is 0 Å². The van der Waals surface area contributed by atoms with E-state index in [0.717, 1.165) is 22.4 Å². The zero-order valence-electron chi connectivity index (χ0n) is 21.6. The molecule has 38 heavy (non-hydrogen) atoms. The second kappa shape index (κ2) is 10.5. The number of benzene rings is 3. The zero-order chi connectivity index (χ0) is 26.9. The second-order valence-electron chi connectivity index (χ2n) is 9.49. The second-order valence-corrected chi connectivity index (χ2v) is 11.4. The van der Waals surface area contributed by atoms with Crippen LogP contribution in [0.4, 0.5) is 5.69 Å². The van der Waals surface area contributed by atoms with E-state index in [1.165, 1.54) is 10.4 Å². The van der Waals surface area contributed by atoms with Crippen molar-refractivity contribution in [3.8, 4) is 16.9 Å². The van der Waals surface area contributed by atoms with Crippen LogP contribution in [-0.4, -0.2) is 54.7 Å². The molecular weight excluding hydrogens is 500 g/mol. The number of carbonyl (C=O) groups is 1. The lowest BCUT2D eigenvalue weighted by molar-refractivity contribution is 0.0730. The van der Waals surface area contributed by atoms with Gasteiger partial charge in [0.1, 0.15) is 5.69 Å². The normalized spacial score (nSPS) is 14.4. The number of hydrogen-bond donors (Lipinski definition) is 1. The number of hydrogen-bond acceptors (Lipinski definition) is 5. The Morgan fingerprint density at radius 3 is 2.37 bits per heavy atom. The number of nitrogens with one attached hydrogen (secondary N) is 1. The van der Waals surface area contributed by atoms with Crippen molar-refractivity contribution >= 4 is 21.6 Å². The summed E-state index contributed by atoms with van der Waals surface area (Å²) < 4.78 is 35.1. The summed E-state index contributed by atoms with van der Waals surface area (Å²) >= 11 is 0. The number of ether oxygens (including phenoxy) is 1. The number of morpholine rings is 1. The lowest BCUT2D eigenvalue weighted by Gasteiger charge is -2.26. The van der Waals surface area contributed by atoms with E-state index in [-0.39, 0.29) is 10.8 Å². The fourth-order valence-corrected chi connectivity index (χ4v) is 6.11. The lowest BCUT2D eigenvalue weighted by Crippen LogP contribution is -2.40. The molecular formula is C29H30N4O4S. The quantitative estimate of drug-likeness (QED) is 0.389. The highest BCUT2D eigenvalue weighted by atomic mass is 32.2. The summed E-state index contributed by atoms with van der Waals surface area (Å²) in [6.07, 6.45) is 1.71. The van der Waals surface area contributed by atoms with Gasteiger partial charge in [0.15, 0.2) is 0 Å². The van der Waals surface area contributed by atoms with Crippen LogP contribution in [0.2, 0.25) is 0 Å². The van der Waals surface area contributed by atoms with Crippen molar-refractivity contribution in [2.24, 2.45) is 0 Å². The Labute approximate surface area is 222 Å². The lowest BCUT2D eigenvalue weighted by atomic mass is 10.1. The number of rotatable bonds is 6. The van der Waals surface area contributed by atoms with E-state index in [4.69, 9.17) is 9.84 Å². The van der Waals surface area contributed by atoms with Crippen LogP contribution in [0, 0.1) is 20.8 Å². The van der Waals surface area contributed by atoms with E-state index in [2.05, 4.69) is 5.32 Å². The smallest absolute Gasteiger partial charge is 0.259 e. The van der Waals surface area contributed by atoms with Crippen molar-refractivity contribution in [3.63, 3.8) is 0 Å². The Hall–Kier alpha value is -3.79. The number of nitrogens with zero attached hydrogens (tertiary/aromatic N) is 3. The highest BCUT2D eigenvalue weighted by Crippen LogP contribution is 2.28. The molecule has 1 N–H and O–H groups in total. The van der Waals surface area contributed by atoms with Crippen LogP contribution in [0.1, 0.15) is 27.0 Å². The highest BCUT2D eigenvalue weighted by Gasteiger charge is 2.28. The molecule has 0 atom stereocenters. The van der Waals surface area contributed by atoms with E-state index in [1.807, 2.05) is 62.4 Å². The summed E-state index contributed by atoms with van der Waals surface area (Å²) in [6.45, 7) is 7.08. The first-order chi connectivity index (χ1) is 18.2. The van der Waals surface area contributed by atoms with Crippen LogP contribution in [0.15, 0.2) is 77.8 Å². The average molecular weight is 531 g/mol. The molecule has 2 heterocycles. The number of carbonyl (C=O) groups excluding carboxylic acids is 1. The first kappa shape index (κ1) is 25.8. The molecule has 0 saturated carbocycles. The van der Waals surface area contributed by atoms with Crippen LogP contribution in [0.3, 0.4) is 0 Å². The molecule has 0 spiro atoms. The number of anilines is 1. The summed E-state index contributed by atoms with van der Waals surface area (Å²) in [5.41, 5.74) is 5.76. The van der Waals surface area contributed by atoms with Gasteiger partial charge in [0, 0.05) is 30.5 Å². The summed E-state index contributed by atoms with van der Waals surface area (Å²) in [7, 11) is -3.72. The first-order valence-corrected chi connectivity index (χ1v) is 13.9. The SMILES string of the molecule is Cc1ccc(-c2nn(-c3cccc(C)c3)cc2C(=O)Nc2ccc(C)c(S(=O)(=O)N3CCOCC3)c2)cc1. The van der Waals surface area contributed by atoms with Crippen LogP contribution < -0.4 is 5.32 Å². The van der Waals surface area contributed by atoms with Gasteiger partial charge in [-0.2, -0.15) is 9.40 Å². The average Bonchev–Trinajstić information content (AvgIpc) is 3.36. The Bertz CT molecular complexity index is 1590. The summed E-state index contributed by atoms with van der Waals surface area (Å²) in [5, 5.41) is 7.66. The van der Waals surface area contributed by atoms with Gasteiger partial charge in [0.25, 0.3) is 5.91 Å². The Kier molecular flexibility index (Phi) is 7.16. The fraction of sp³-hybridized carbons (Fsp3) is 0.241. The maximum atomic E-state index is 13.6. The van der Waals surface area contributed by atoms with Gasteiger partial charge in [0.2, 0.25) is 10.0 Å². The number of aromatic nitrogens is 2. The molecule has 0 radical (unpaired) electrons. The van der Waals surface area contributed by atoms with E-state index in [1.54, 1.807) is 29.9 Å². The van der Waals surface area contributed by atoms with Gasteiger partial charge in [-0.3, -0.25) is 4.79 Å². The molecule has 1 amide bonds. The standard InChI is InChI=1S/C29H30N4O4S/c1-20-7-10-23(11-8-20)28-26(19-33(31-28)25-6-4-5-21(2)17-25)29(34)30-24-12-9-22(3)27(18-24)38(35,36)32-13-15-37-16-14-32/h4-12,17-19H,13-16H2,1-3H3,(H,30,34). The van der Waals surface area contributed by atoms with Crippen molar-refractivity contribution in [2.75, 3.05) is 31.6 Å². The maximum Gasteiger partial charge on any atom is 0.259 e. The molecule has 8 nitrogen and oxygen atoms in total. The highest BCUT2D eigenvalue weighted by molar-refractivity contribution is 7.89. The fourth-order valence-electron chi connectivity index (χ4n) is 4.45. The number of aryl methyl sites for hydroxylation is 3. The predicted octanol–water partition coefficient (Wildman–Crippen LogP) is 4.74. The van der Waals surface area contributed by atoms with E-state index >= 15 is 0 Å². The zero-order valence-corrected chi connectivity index (χ0v) is 22.5. The molecule has 196 valence electrons. The number of amides is 1. The minimum atomic E-state index is -3.72. The van der Waals surface area contributed by atoms with Crippen LogP contribution in [0.25, 0.3) is 16.9 Å². The third kappa shape index (κ3) is 5.26. The maximum absolute atomic E-state index is 13.6. The van der Waals surface area contributed by atoms with Gasteiger partial charge >= 0.3 is 0 Å². The third-order valence-electron chi connectivity index (χ3n) is 6.58. The number of sulfonamides is 1. The van der Waals surface area contributed by atoms with Gasteiger partial charge < -0.3 is 10.1 Å². The van der Waals surface area contributed by atoms with Crippen molar-refractivity contribution in [1.29, 1.82) is 0 Å². The minimum absolute atomic E-state index is 0.173. The summed E-state index contributed by atoms with van der Waals surface area (Å²) in [4.78, 5) is 13.8. The van der Waals surface area contributed by atoms with E-state index in [0.29, 0.717) is 48.8 Å². The minimum Gasteiger partial charge on any atom is -0.379 e. The predicted molar refractivity (Wildman–Crippen MR) is 147 cm³/mol. The van der Waals surface area contributed by atoms with Gasteiger partial charge in [-0.05, 0) is 56.2 Å². The molecule has 4 aromatic rings. The van der Waals surface area contributed by atoms with Crippen molar-refractivity contribution in [3.05, 3.63) is 95.2 Å². The molecule has 1 aliphatic rings. The van der Waals surface area contributed by atoms with Crippen molar-refractivity contribution in [1.82, 2.24) is 14.1 Å². The Morgan fingerprint density at radius 2 is 1.66 bits per heavy atom. The molecule has 0 aliphatic carbocycles. The molecule has 0 unspecified atom stereocenters. The van der Waals surface area contributed by atoms with E-state index < -0.39 is 10.0 Å². The molecule has 1 aromatic heterocycles. The molecule has 3 aromatic carbocycles. The first-order valence-electron chi connectivity index (χ1n) is 12.5. The monoisotopic (exact) mass is 530 g/mol. The molecule has 1 aliphatic heterocycles. The molecule has 1 saturated heterocycles. The molecule has 5 rings (SSSR count). The van der Waals surface area contributed by atoms with Crippen LogP contribution >= 0.6 is 0 Å².